The zero-order valence-electron chi connectivity index (χ0n) is 15.4. The Hall–Kier alpha value is -1.33. The maximum Gasteiger partial charge on any atom is 0.239 e. The van der Waals surface area contributed by atoms with Crippen LogP contribution >= 0.6 is 0 Å². The van der Waals surface area contributed by atoms with Crippen LogP contribution in [0.15, 0.2) is 16.5 Å². The van der Waals surface area contributed by atoms with Crippen LogP contribution < -0.4 is 5.32 Å². The molecule has 0 saturated carbocycles. The summed E-state index contributed by atoms with van der Waals surface area (Å²) < 4.78 is 5.69. The lowest BCUT2D eigenvalue weighted by molar-refractivity contribution is -0.135. The summed E-state index contributed by atoms with van der Waals surface area (Å²) >= 11 is 0. The number of carbonyl (C=O) groups is 1. The number of nitrogens with zero attached hydrogens (tertiary/aromatic N) is 1. The fourth-order valence-corrected chi connectivity index (χ4v) is 3.34. The Kier molecular flexibility index (Phi) is 6.87. The molecule has 0 aliphatic carbocycles. The molecular weight excluding hydrogens is 304 g/mol. The Morgan fingerprint density at radius 3 is 2.50 bits per heavy atom. The lowest BCUT2D eigenvalue weighted by Gasteiger charge is -2.35. The van der Waals surface area contributed by atoms with Crippen molar-refractivity contribution in [1.29, 1.82) is 0 Å². The average Bonchev–Trinajstić information content (AvgIpc) is 3.00. The minimum absolute atomic E-state index is 0.00128. The number of piperidine rings is 1. The second-order valence-corrected chi connectivity index (χ2v) is 7.47. The van der Waals surface area contributed by atoms with Crippen LogP contribution in [0.4, 0.5) is 0 Å². The lowest BCUT2D eigenvalue weighted by atomic mass is 9.96. The molecule has 1 fully saturated rings. The molecule has 1 aromatic heterocycles. The summed E-state index contributed by atoms with van der Waals surface area (Å²) in [6.07, 6.45) is 2.59. The molecule has 2 N–H and O–H groups in total. The predicted molar refractivity (Wildman–Crippen MR) is 94.6 cm³/mol. The topological polar surface area (TPSA) is 65.7 Å². The molecule has 5 nitrogen and oxygen atoms in total. The molecule has 1 aromatic rings. The molecule has 1 aliphatic rings. The van der Waals surface area contributed by atoms with Crippen LogP contribution in [-0.4, -0.2) is 41.7 Å². The van der Waals surface area contributed by atoms with Crippen LogP contribution in [0.25, 0.3) is 0 Å². The zero-order valence-corrected chi connectivity index (χ0v) is 15.4. The number of likely N-dealkylation sites (tertiary alicyclic amines) is 1. The minimum atomic E-state index is -0.198. The van der Waals surface area contributed by atoms with Crippen LogP contribution in [0.1, 0.15) is 57.6 Å². The SMILES string of the molecule is Cc1ccc(C(C)NC(CC(C)C)C(=O)N2CCC(CO)CC2)o1. The minimum Gasteiger partial charge on any atom is -0.465 e. The van der Waals surface area contributed by atoms with E-state index in [2.05, 4.69) is 19.2 Å². The lowest BCUT2D eigenvalue weighted by Crippen LogP contribution is -2.50. The molecule has 1 saturated heterocycles. The van der Waals surface area contributed by atoms with Crippen molar-refractivity contribution in [2.45, 2.75) is 59.0 Å². The molecule has 24 heavy (non-hydrogen) atoms. The van der Waals surface area contributed by atoms with Crippen LogP contribution in [0.5, 0.6) is 0 Å². The molecule has 5 heteroatoms. The zero-order chi connectivity index (χ0) is 17.7. The van der Waals surface area contributed by atoms with E-state index in [-0.39, 0.29) is 24.6 Å². The predicted octanol–water partition coefficient (Wildman–Crippen LogP) is 2.88. The van der Waals surface area contributed by atoms with Crippen molar-refractivity contribution in [1.82, 2.24) is 10.2 Å². The fourth-order valence-electron chi connectivity index (χ4n) is 3.34. The van der Waals surface area contributed by atoms with Gasteiger partial charge >= 0.3 is 0 Å². The van der Waals surface area contributed by atoms with Crippen molar-refractivity contribution in [3.8, 4) is 0 Å². The normalized spacial score (nSPS) is 18.8. The molecule has 2 atom stereocenters. The number of nitrogens with one attached hydrogen (secondary N) is 1. The maximum absolute atomic E-state index is 13.0. The molecule has 136 valence electrons. The number of rotatable bonds is 7. The van der Waals surface area contributed by atoms with Gasteiger partial charge in [-0.15, -0.1) is 0 Å². The maximum atomic E-state index is 13.0. The number of amides is 1. The highest BCUT2D eigenvalue weighted by atomic mass is 16.3. The first-order valence-electron chi connectivity index (χ1n) is 9.12. The van der Waals surface area contributed by atoms with Gasteiger partial charge in [0.05, 0.1) is 12.1 Å². The summed E-state index contributed by atoms with van der Waals surface area (Å²) in [5.74, 6) is 2.71. The summed E-state index contributed by atoms with van der Waals surface area (Å²) in [5.41, 5.74) is 0. The standard InChI is InChI=1S/C19H32N2O3/c1-13(2)11-17(20-15(4)18-6-5-14(3)24-18)19(23)21-9-7-16(12-22)8-10-21/h5-6,13,15-17,20,22H,7-12H2,1-4H3. The quantitative estimate of drug-likeness (QED) is 0.803. The second kappa shape index (κ2) is 8.67. The Bertz CT molecular complexity index is 518. The summed E-state index contributed by atoms with van der Waals surface area (Å²) in [7, 11) is 0. The van der Waals surface area contributed by atoms with Gasteiger partial charge in [-0.05, 0) is 57.1 Å². The van der Waals surface area contributed by atoms with E-state index in [1.807, 2.05) is 30.9 Å². The van der Waals surface area contributed by atoms with Crippen LogP contribution in [-0.2, 0) is 4.79 Å². The fraction of sp³-hybridized carbons (Fsp3) is 0.737. The third-order valence-corrected chi connectivity index (χ3v) is 4.83. The van der Waals surface area contributed by atoms with Gasteiger partial charge in [0.2, 0.25) is 5.91 Å². The Balaban J connectivity index is 2.00. The van der Waals surface area contributed by atoms with Gasteiger partial charge in [-0.1, -0.05) is 13.8 Å². The van der Waals surface area contributed by atoms with Gasteiger partial charge in [-0.2, -0.15) is 0 Å². The molecule has 2 heterocycles. The number of furan rings is 1. The van der Waals surface area contributed by atoms with Crippen molar-refractivity contribution in [3.63, 3.8) is 0 Å². The van der Waals surface area contributed by atoms with Crippen molar-refractivity contribution < 1.29 is 14.3 Å². The van der Waals surface area contributed by atoms with E-state index in [9.17, 15) is 9.90 Å². The van der Waals surface area contributed by atoms with Crippen molar-refractivity contribution in [2.24, 2.45) is 11.8 Å². The van der Waals surface area contributed by atoms with Gasteiger partial charge in [0.15, 0.2) is 0 Å². The molecule has 2 rings (SSSR count). The van der Waals surface area contributed by atoms with Gasteiger partial charge in [-0.25, -0.2) is 0 Å². The summed E-state index contributed by atoms with van der Waals surface area (Å²) in [6.45, 7) is 9.96. The Morgan fingerprint density at radius 1 is 1.33 bits per heavy atom. The van der Waals surface area contributed by atoms with Crippen molar-refractivity contribution in [2.75, 3.05) is 19.7 Å². The molecule has 0 aromatic carbocycles. The van der Waals surface area contributed by atoms with Crippen LogP contribution in [0.2, 0.25) is 0 Å². The monoisotopic (exact) mass is 336 g/mol. The average molecular weight is 336 g/mol. The third kappa shape index (κ3) is 5.08. The van der Waals surface area contributed by atoms with E-state index in [1.165, 1.54) is 0 Å². The van der Waals surface area contributed by atoms with Gasteiger partial charge in [0.1, 0.15) is 11.5 Å². The first kappa shape index (κ1) is 19.0. The molecule has 0 bridgehead atoms. The third-order valence-electron chi connectivity index (χ3n) is 4.83. The van der Waals surface area contributed by atoms with Gasteiger partial charge in [0, 0.05) is 19.7 Å². The Labute approximate surface area is 145 Å². The van der Waals surface area contributed by atoms with Crippen LogP contribution in [0.3, 0.4) is 0 Å². The van der Waals surface area contributed by atoms with Crippen LogP contribution in [0, 0.1) is 18.8 Å². The van der Waals surface area contributed by atoms with E-state index in [0.29, 0.717) is 11.8 Å². The number of carbonyl (C=O) groups excluding carboxylic acids is 1. The summed E-state index contributed by atoms with van der Waals surface area (Å²) in [6, 6.07) is 3.72. The second-order valence-electron chi connectivity index (χ2n) is 7.47. The van der Waals surface area contributed by atoms with Gasteiger partial charge in [-0.3, -0.25) is 10.1 Å². The van der Waals surface area contributed by atoms with E-state index in [0.717, 1.165) is 43.9 Å². The number of hydrogen-bond acceptors (Lipinski definition) is 4. The number of aliphatic hydroxyl groups excluding tert-OH is 1. The Morgan fingerprint density at radius 2 is 2.00 bits per heavy atom. The highest BCUT2D eigenvalue weighted by Crippen LogP contribution is 2.21. The van der Waals surface area contributed by atoms with Gasteiger partial charge < -0.3 is 14.4 Å². The first-order valence-corrected chi connectivity index (χ1v) is 9.12. The molecule has 1 amide bonds. The number of aliphatic hydroxyl groups is 1. The molecular formula is C19H32N2O3. The molecule has 0 radical (unpaired) electrons. The van der Waals surface area contributed by atoms with E-state index < -0.39 is 0 Å². The molecule has 1 aliphatic heterocycles. The van der Waals surface area contributed by atoms with E-state index in [4.69, 9.17) is 4.42 Å². The highest BCUT2D eigenvalue weighted by molar-refractivity contribution is 5.82. The van der Waals surface area contributed by atoms with Gasteiger partial charge in [0.25, 0.3) is 0 Å². The highest BCUT2D eigenvalue weighted by Gasteiger charge is 2.30. The first-order chi connectivity index (χ1) is 11.4. The van der Waals surface area contributed by atoms with Crippen molar-refractivity contribution in [3.05, 3.63) is 23.7 Å². The van der Waals surface area contributed by atoms with E-state index >= 15 is 0 Å². The molecule has 0 spiro atoms. The molecule has 2 unspecified atom stereocenters. The van der Waals surface area contributed by atoms with E-state index in [1.54, 1.807) is 0 Å². The summed E-state index contributed by atoms with van der Waals surface area (Å²) in [5, 5.41) is 12.7. The smallest absolute Gasteiger partial charge is 0.239 e. The number of hydrogen-bond donors (Lipinski definition) is 2. The summed E-state index contributed by atoms with van der Waals surface area (Å²) in [4.78, 5) is 14.9. The van der Waals surface area contributed by atoms with Crippen molar-refractivity contribution >= 4 is 5.91 Å². The largest absolute Gasteiger partial charge is 0.465 e. The number of aryl methyl sites for hydroxylation is 1.